The Hall–Kier alpha value is -1.48. The van der Waals surface area contributed by atoms with Gasteiger partial charge in [0.1, 0.15) is 6.10 Å². The first-order chi connectivity index (χ1) is 8.96. The van der Waals surface area contributed by atoms with E-state index in [1.807, 2.05) is 0 Å². The second-order valence-electron chi connectivity index (χ2n) is 4.56. The molecule has 0 amide bonds. The van der Waals surface area contributed by atoms with Gasteiger partial charge in [-0.3, -0.25) is 5.10 Å². The van der Waals surface area contributed by atoms with Crippen LogP contribution < -0.4 is 4.74 Å². The van der Waals surface area contributed by atoms with Crippen molar-refractivity contribution in [2.24, 2.45) is 0 Å². The zero-order valence-electron chi connectivity index (χ0n) is 9.99. The van der Waals surface area contributed by atoms with Crippen molar-refractivity contribution in [2.45, 2.75) is 43.9 Å². The first-order valence-electron chi connectivity index (χ1n) is 5.48. The van der Waals surface area contributed by atoms with Gasteiger partial charge in [0.2, 0.25) is 5.88 Å². The molecule has 0 radical (unpaired) electrons. The average molecular weight is 306 g/mol. The predicted octanol–water partition coefficient (Wildman–Crippen LogP) is 3.24. The molecule has 0 aliphatic carbocycles. The van der Waals surface area contributed by atoms with Crippen LogP contribution in [0.2, 0.25) is 0 Å². The standard InChI is InChI=1S/C10H9F7N2O/c1-4-6-2-5(20-7(6)19-18-4)3-8(11,12)9(13,14)10(15,16)17/h5H,2-3H2,1H3,(H,18,19). The van der Waals surface area contributed by atoms with Crippen LogP contribution in [0.5, 0.6) is 5.88 Å². The van der Waals surface area contributed by atoms with Crippen molar-refractivity contribution in [3.63, 3.8) is 0 Å². The molecule has 0 saturated carbocycles. The van der Waals surface area contributed by atoms with Crippen molar-refractivity contribution >= 4 is 0 Å². The summed E-state index contributed by atoms with van der Waals surface area (Å²) in [6.07, 6.45) is -9.72. The largest absolute Gasteiger partial charge is 0.473 e. The van der Waals surface area contributed by atoms with Crippen LogP contribution >= 0.6 is 0 Å². The van der Waals surface area contributed by atoms with E-state index in [2.05, 4.69) is 10.2 Å². The minimum absolute atomic E-state index is 0.0429. The summed E-state index contributed by atoms with van der Waals surface area (Å²) >= 11 is 0. The quantitative estimate of drug-likeness (QED) is 0.871. The molecule has 1 aromatic heterocycles. The molecule has 1 aliphatic heterocycles. The van der Waals surface area contributed by atoms with Gasteiger partial charge in [0.05, 0.1) is 6.42 Å². The molecule has 0 fully saturated rings. The fourth-order valence-electron chi connectivity index (χ4n) is 1.93. The predicted molar refractivity (Wildman–Crippen MR) is 52.0 cm³/mol. The molecule has 1 N–H and O–H groups in total. The summed E-state index contributed by atoms with van der Waals surface area (Å²) in [5.41, 5.74) is 0.898. The molecule has 3 nitrogen and oxygen atoms in total. The van der Waals surface area contributed by atoms with Gasteiger partial charge in [-0.2, -0.15) is 30.7 Å². The number of hydrogen-bond donors (Lipinski definition) is 1. The first-order valence-corrected chi connectivity index (χ1v) is 5.48. The second kappa shape index (κ2) is 4.26. The van der Waals surface area contributed by atoms with Gasteiger partial charge in [-0.15, -0.1) is 5.10 Å². The molecule has 0 saturated heterocycles. The Balaban J connectivity index is 2.11. The molecule has 0 bridgehead atoms. The molecule has 10 heteroatoms. The van der Waals surface area contributed by atoms with E-state index >= 15 is 0 Å². The molecule has 1 aromatic rings. The lowest BCUT2D eigenvalue weighted by atomic mass is 10.0. The number of nitrogens with one attached hydrogen (secondary N) is 1. The third kappa shape index (κ3) is 2.20. The Morgan fingerprint density at radius 3 is 2.30 bits per heavy atom. The van der Waals surface area contributed by atoms with E-state index in [0.29, 0.717) is 11.3 Å². The highest BCUT2D eigenvalue weighted by Gasteiger charge is 2.73. The Bertz CT molecular complexity index is 508. The Morgan fingerprint density at radius 2 is 1.80 bits per heavy atom. The number of alkyl halides is 7. The zero-order chi connectivity index (χ0) is 15.3. The monoisotopic (exact) mass is 306 g/mol. The molecular weight excluding hydrogens is 297 g/mol. The molecule has 2 heterocycles. The van der Waals surface area contributed by atoms with Crippen molar-refractivity contribution in [1.29, 1.82) is 0 Å². The number of rotatable bonds is 3. The first kappa shape index (κ1) is 14.9. The molecular formula is C10H9F7N2O. The van der Waals surface area contributed by atoms with Crippen molar-refractivity contribution in [3.05, 3.63) is 11.3 Å². The highest BCUT2D eigenvalue weighted by atomic mass is 19.4. The van der Waals surface area contributed by atoms with Gasteiger partial charge in [-0.1, -0.05) is 0 Å². The maximum atomic E-state index is 13.2. The van der Waals surface area contributed by atoms with Gasteiger partial charge in [-0.05, 0) is 6.92 Å². The average Bonchev–Trinajstić information content (AvgIpc) is 2.79. The summed E-state index contributed by atoms with van der Waals surface area (Å²) in [6, 6.07) is 0. The summed E-state index contributed by atoms with van der Waals surface area (Å²) in [4.78, 5) is 0. The molecule has 1 unspecified atom stereocenters. The van der Waals surface area contributed by atoms with Crippen molar-refractivity contribution < 1.29 is 35.5 Å². The van der Waals surface area contributed by atoms with E-state index in [1.54, 1.807) is 6.92 Å². The second-order valence-corrected chi connectivity index (χ2v) is 4.56. The number of hydrogen-bond acceptors (Lipinski definition) is 2. The molecule has 0 aromatic carbocycles. The highest BCUT2D eigenvalue weighted by molar-refractivity contribution is 5.34. The molecule has 2 rings (SSSR count). The SMILES string of the molecule is Cc1[nH]nc2c1CC(CC(F)(F)C(F)(F)C(F)(F)F)O2. The van der Waals surface area contributed by atoms with E-state index in [9.17, 15) is 30.7 Å². The zero-order valence-corrected chi connectivity index (χ0v) is 9.99. The van der Waals surface area contributed by atoms with Crippen LogP contribution in [0.3, 0.4) is 0 Å². The maximum Gasteiger partial charge on any atom is 0.459 e. The number of fused-ring (bicyclic) bond motifs is 1. The van der Waals surface area contributed by atoms with E-state index < -0.39 is 30.5 Å². The third-order valence-electron chi connectivity index (χ3n) is 3.05. The van der Waals surface area contributed by atoms with Gasteiger partial charge in [0, 0.05) is 17.7 Å². The van der Waals surface area contributed by atoms with Crippen LogP contribution in [0.15, 0.2) is 0 Å². The molecule has 20 heavy (non-hydrogen) atoms. The van der Waals surface area contributed by atoms with Crippen molar-refractivity contribution in [2.75, 3.05) is 0 Å². The van der Waals surface area contributed by atoms with E-state index in [1.165, 1.54) is 0 Å². The van der Waals surface area contributed by atoms with Gasteiger partial charge < -0.3 is 4.74 Å². The van der Waals surface area contributed by atoms with Crippen LogP contribution in [0, 0.1) is 6.92 Å². The Morgan fingerprint density at radius 1 is 1.20 bits per heavy atom. The van der Waals surface area contributed by atoms with Crippen LogP contribution in [-0.4, -0.2) is 34.3 Å². The van der Waals surface area contributed by atoms with Gasteiger partial charge in [0.25, 0.3) is 0 Å². The number of aryl methyl sites for hydroxylation is 1. The van der Waals surface area contributed by atoms with Gasteiger partial charge >= 0.3 is 18.0 Å². The topological polar surface area (TPSA) is 37.9 Å². The minimum atomic E-state index is -6.32. The summed E-state index contributed by atoms with van der Waals surface area (Å²) in [5.74, 6) is -11.4. The number of halogens is 7. The lowest BCUT2D eigenvalue weighted by Gasteiger charge is -2.29. The summed E-state index contributed by atoms with van der Waals surface area (Å²) < 4.78 is 92.7. The van der Waals surface area contributed by atoms with Crippen molar-refractivity contribution in [1.82, 2.24) is 10.2 Å². The third-order valence-corrected chi connectivity index (χ3v) is 3.05. The van der Waals surface area contributed by atoms with Gasteiger partial charge in [-0.25, -0.2) is 0 Å². The maximum absolute atomic E-state index is 13.2. The number of nitrogens with zero attached hydrogens (tertiary/aromatic N) is 1. The smallest absolute Gasteiger partial charge is 0.459 e. The number of H-pyrrole nitrogens is 1. The lowest BCUT2D eigenvalue weighted by molar-refractivity contribution is -0.357. The summed E-state index contributed by atoms with van der Waals surface area (Å²) in [5, 5.41) is 6.07. The van der Waals surface area contributed by atoms with Gasteiger partial charge in [0.15, 0.2) is 0 Å². The van der Waals surface area contributed by atoms with Crippen LogP contribution in [0.25, 0.3) is 0 Å². The van der Waals surface area contributed by atoms with Crippen molar-refractivity contribution in [3.8, 4) is 5.88 Å². The molecule has 1 aliphatic rings. The van der Waals surface area contributed by atoms with Crippen LogP contribution in [0.1, 0.15) is 17.7 Å². The lowest BCUT2D eigenvalue weighted by Crippen LogP contribution is -2.53. The normalized spacial score (nSPS) is 19.9. The molecule has 0 spiro atoms. The fourth-order valence-corrected chi connectivity index (χ4v) is 1.93. The number of aromatic amines is 1. The summed E-state index contributed by atoms with van der Waals surface area (Å²) in [7, 11) is 0. The van der Waals surface area contributed by atoms with Crippen LogP contribution in [-0.2, 0) is 6.42 Å². The highest BCUT2D eigenvalue weighted by Crippen LogP contribution is 2.49. The molecule has 114 valence electrons. The van der Waals surface area contributed by atoms with Crippen LogP contribution in [0.4, 0.5) is 30.7 Å². The van der Waals surface area contributed by atoms with E-state index in [4.69, 9.17) is 4.74 Å². The number of aromatic nitrogens is 2. The number of ether oxygens (including phenoxy) is 1. The fraction of sp³-hybridized carbons (Fsp3) is 0.700. The summed E-state index contributed by atoms with van der Waals surface area (Å²) in [6.45, 7) is 1.56. The minimum Gasteiger partial charge on any atom is -0.473 e. The Kier molecular flexibility index (Phi) is 3.17. The van der Waals surface area contributed by atoms with E-state index in [-0.39, 0.29) is 12.3 Å². The Labute approximate surface area is 108 Å². The molecule has 1 atom stereocenters. The van der Waals surface area contributed by atoms with E-state index in [0.717, 1.165) is 0 Å².